The smallest absolute Gasteiger partial charge is 0.243 e. The highest BCUT2D eigenvalue weighted by Gasteiger charge is 2.30. The summed E-state index contributed by atoms with van der Waals surface area (Å²) in [7, 11) is 0. The molecular formula is C27H28Cl2N2O2. The van der Waals surface area contributed by atoms with Crippen LogP contribution in [0.4, 0.5) is 0 Å². The molecule has 0 bridgehead atoms. The first kappa shape index (κ1) is 24.8. The predicted molar refractivity (Wildman–Crippen MR) is 134 cm³/mol. The molecule has 3 rings (SSSR count). The molecule has 0 spiro atoms. The summed E-state index contributed by atoms with van der Waals surface area (Å²) in [6.45, 7) is 2.76. The van der Waals surface area contributed by atoms with E-state index in [4.69, 9.17) is 23.2 Å². The van der Waals surface area contributed by atoms with E-state index in [1.165, 1.54) is 0 Å². The zero-order valence-electron chi connectivity index (χ0n) is 18.6. The van der Waals surface area contributed by atoms with Crippen LogP contribution in [0.15, 0.2) is 78.9 Å². The molecule has 0 aromatic heterocycles. The van der Waals surface area contributed by atoms with Gasteiger partial charge in [0.2, 0.25) is 11.8 Å². The van der Waals surface area contributed by atoms with Gasteiger partial charge in [0.25, 0.3) is 0 Å². The second-order valence-electron chi connectivity index (χ2n) is 7.88. The van der Waals surface area contributed by atoms with Gasteiger partial charge in [-0.2, -0.15) is 0 Å². The molecule has 0 fully saturated rings. The highest BCUT2D eigenvalue weighted by molar-refractivity contribution is 6.31. The number of nitrogens with zero attached hydrogens (tertiary/aromatic N) is 1. The van der Waals surface area contributed by atoms with Crippen molar-refractivity contribution in [2.24, 2.45) is 0 Å². The number of hydrogen-bond donors (Lipinski definition) is 1. The summed E-state index contributed by atoms with van der Waals surface area (Å²) in [5.74, 6) is -0.365. The van der Waals surface area contributed by atoms with Crippen LogP contribution in [0.3, 0.4) is 0 Å². The van der Waals surface area contributed by atoms with E-state index in [2.05, 4.69) is 5.32 Å². The predicted octanol–water partition coefficient (Wildman–Crippen LogP) is 5.70. The molecule has 33 heavy (non-hydrogen) atoms. The van der Waals surface area contributed by atoms with Crippen molar-refractivity contribution in [1.82, 2.24) is 10.2 Å². The van der Waals surface area contributed by atoms with E-state index in [-0.39, 0.29) is 24.8 Å². The summed E-state index contributed by atoms with van der Waals surface area (Å²) in [5, 5.41) is 4.05. The van der Waals surface area contributed by atoms with Crippen LogP contribution in [0.25, 0.3) is 0 Å². The van der Waals surface area contributed by atoms with Gasteiger partial charge in [-0.25, -0.2) is 0 Å². The average Bonchev–Trinajstić information content (AvgIpc) is 2.83. The molecule has 1 atom stereocenters. The SMILES string of the molecule is CCCNC(=O)[C@@H](Cc1ccccc1)N(Cc1ccccc1Cl)C(=O)Cc1ccccc1Cl. The van der Waals surface area contributed by atoms with Crippen LogP contribution in [0, 0.1) is 0 Å². The third-order valence-electron chi connectivity index (χ3n) is 5.42. The highest BCUT2D eigenvalue weighted by Crippen LogP contribution is 2.23. The molecule has 0 aliphatic rings. The van der Waals surface area contributed by atoms with E-state index >= 15 is 0 Å². The molecule has 1 N–H and O–H groups in total. The molecule has 3 aromatic rings. The van der Waals surface area contributed by atoms with E-state index in [0.29, 0.717) is 23.0 Å². The number of amides is 2. The summed E-state index contributed by atoms with van der Waals surface area (Å²) < 4.78 is 0. The maximum atomic E-state index is 13.6. The van der Waals surface area contributed by atoms with Crippen molar-refractivity contribution >= 4 is 35.0 Å². The van der Waals surface area contributed by atoms with Gasteiger partial charge >= 0.3 is 0 Å². The lowest BCUT2D eigenvalue weighted by atomic mass is 10.0. The first-order valence-electron chi connectivity index (χ1n) is 11.1. The molecular weight excluding hydrogens is 455 g/mol. The number of hydrogen-bond acceptors (Lipinski definition) is 2. The monoisotopic (exact) mass is 482 g/mol. The van der Waals surface area contributed by atoms with Gasteiger partial charge in [0.05, 0.1) is 6.42 Å². The Bertz CT molecular complexity index is 1070. The fourth-order valence-corrected chi connectivity index (χ4v) is 4.03. The topological polar surface area (TPSA) is 49.4 Å². The minimum Gasteiger partial charge on any atom is -0.354 e. The van der Waals surface area contributed by atoms with Crippen LogP contribution < -0.4 is 5.32 Å². The number of halogens is 2. The number of benzene rings is 3. The zero-order valence-corrected chi connectivity index (χ0v) is 20.1. The van der Waals surface area contributed by atoms with Crippen LogP contribution in [0.5, 0.6) is 0 Å². The van der Waals surface area contributed by atoms with Crippen LogP contribution >= 0.6 is 23.2 Å². The maximum Gasteiger partial charge on any atom is 0.243 e. The summed E-state index contributed by atoms with van der Waals surface area (Å²) >= 11 is 12.8. The molecule has 0 saturated heterocycles. The van der Waals surface area contributed by atoms with Crippen molar-refractivity contribution in [1.29, 1.82) is 0 Å². The van der Waals surface area contributed by atoms with Crippen molar-refractivity contribution in [2.75, 3.05) is 6.54 Å². The molecule has 0 heterocycles. The van der Waals surface area contributed by atoms with Crippen molar-refractivity contribution in [2.45, 2.75) is 38.8 Å². The highest BCUT2D eigenvalue weighted by atomic mass is 35.5. The van der Waals surface area contributed by atoms with Gasteiger partial charge < -0.3 is 10.2 Å². The van der Waals surface area contributed by atoms with Crippen molar-refractivity contribution in [3.05, 3.63) is 106 Å². The third-order valence-corrected chi connectivity index (χ3v) is 6.16. The van der Waals surface area contributed by atoms with Crippen molar-refractivity contribution in [3.63, 3.8) is 0 Å². The summed E-state index contributed by atoms with van der Waals surface area (Å²) in [6.07, 6.45) is 1.30. The quantitative estimate of drug-likeness (QED) is 0.402. The van der Waals surface area contributed by atoms with Crippen LogP contribution in [-0.2, 0) is 29.0 Å². The largest absolute Gasteiger partial charge is 0.354 e. The Morgan fingerprint density at radius 2 is 1.42 bits per heavy atom. The van der Waals surface area contributed by atoms with E-state index in [9.17, 15) is 9.59 Å². The molecule has 4 nitrogen and oxygen atoms in total. The minimum atomic E-state index is -0.690. The first-order valence-corrected chi connectivity index (χ1v) is 11.8. The fraction of sp³-hybridized carbons (Fsp3) is 0.259. The summed E-state index contributed by atoms with van der Waals surface area (Å²) in [5.41, 5.74) is 2.48. The number of rotatable bonds is 10. The van der Waals surface area contributed by atoms with E-state index in [1.54, 1.807) is 17.0 Å². The van der Waals surface area contributed by atoms with Gasteiger partial charge in [-0.3, -0.25) is 9.59 Å². The number of carbonyl (C=O) groups is 2. The summed E-state index contributed by atoms with van der Waals surface area (Å²) in [6, 6.07) is 23.7. The lowest BCUT2D eigenvalue weighted by Gasteiger charge is -2.32. The van der Waals surface area contributed by atoms with Gasteiger partial charge in [-0.05, 0) is 35.2 Å². The van der Waals surface area contributed by atoms with E-state index < -0.39 is 6.04 Å². The van der Waals surface area contributed by atoms with Gasteiger partial charge in [0.15, 0.2) is 0 Å². The molecule has 3 aromatic carbocycles. The van der Waals surface area contributed by atoms with Gasteiger partial charge in [-0.1, -0.05) is 96.9 Å². The van der Waals surface area contributed by atoms with Gasteiger partial charge in [0.1, 0.15) is 6.04 Å². The minimum absolute atomic E-state index is 0.0937. The van der Waals surface area contributed by atoms with Crippen molar-refractivity contribution in [3.8, 4) is 0 Å². The standard InChI is InChI=1S/C27H28Cl2N2O2/c1-2-16-30-27(33)25(17-20-10-4-3-5-11-20)31(19-22-13-7-9-15-24(22)29)26(32)18-21-12-6-8-14-23(21)28/h3-15,25H,2,16-19H2,1H3,(H,30,33)/t25-/m1/s1. The number of carbonyl (C=O) groups excluding carboxylic acids is 2. The third kappa shape index (κ3) is 7.08. The number of nitrogens with one attached hydrogen (secondary N) is 1. The molecule has 0 saturated carbocycles. The Morgan fingerprint density at radius 3 is 2.03 bits per heavy atom. The van der Waals surface area contributed by atoms with Crippen LogP contribution in [-0.4, -0.2) is 29.3 Å². The normalized spacial score (nSPS) is 11.6. The zero-order chi connectivity index (χ0) is 23.6. The lowest BCUT2D eigenvalue weighted by Crippen LogP contribution is -2.51. The molecule has 0 aliphatic heterocycles. The van der Waals surface area contributed by atoms with Gasteiger partial charge in [0, 0.05) is 29.6 Å². The Hall–Kier alpha value is -2.82. The molecule has 172 valence electrons. The lowest BCUT2D eigenvalue weighted by molar-refractivity contribution is -0.140. The van der Waals surface area contributed by atoms with Crippen LogP contribution in [0.2, 0.25) is 10.0 Å². The van der Waals surface area contributed by atoms with Crippen molar-refractivity contribution < 1.29 is 9.59 Å². The first-order chi connectivity index (χ1) is 16.0. The fourth-order valence-electron chi connectivity index (χ4n) is 3.64. The average molecular weight is 483 g/mol. The molecule has 0 aliphatic carbocycles. The summed E-state index contributed by atoms with van der Waals surface area (Å²) in [4.78, 5) is 28.5. The molecule has 2 amide bonds. The maximum absolute atomic E-state index is 13.6. The Morgan fingerprint density at radius 1 is 0.848 bits per heavy atom. The van der Waals surface area contributed by atoms with Gasteiger partial charge in [-0.15, -0.1) is 0 Å². The van der Waals surface area contributed by atoms with Crippen LogP contribution in [0.1, 0.15) is 30.0 Å². The second-order valence-corrected chi connectivity index (χ2v) is 8.69. The van der Waals surface area contributed by atoms with E-state index in [1.807, 2.05) is 73.7 Å². The Balaban J connectivity index is 1.97. The Labute approximate surface area is 205 Å². The second kappa shape index (κ2) is 12.4. The molecule has 0 unspecified atom stereocenters. The molecule has 0 radical (unpaired) electrons. The van der Waals surface area contributed by atoms with E-state index in [0.717, 1.165) is 23.1 Å². The molecule has 6 heteroatoms. The Kier molecular flexibility index (Phi) is 9.35.